The van der Waals surface area contributed by atoms with Gasteiger partial charge >= 0.3 is 0 Å². The lowest BCUT2D eigenvalue weighted by Crippen LogP contribution is -2.56. The Kier molecular flexibility index (Phi) is 5.91. The number of pyridine rings is 1. The third-order valence-corrected chi connectivity index (χ3v) is 8.20. The van der Waals surface area contributed by atoms with E-state index in [1.807, 2.05) is 19.1 Å². The Bertz CT molecular complexity index is 1020. The zero-order valence-electron chi connectivity index (χ0n) is 18.8. The summed E-state index contributed by atoms with van der Waals surface area (Å²) in [7, 11) is 0. The summed E-state index contributed by atoms with van der Waals surface area (Å²) in [4.78, 5) is 19.3. The van der Waals surface area contributed by atoms with Gasteiger partial charge in [0.25, 0.3) is 0 Å². The Balaban J connectivity index is 1.31. The Morgan fingerprint density at radius 2 is 2.00 bits per heavy atom. The number of aliphatic hydroxyl groups excluding tert-OH is 1. The molecule has 1 saturated carbocycles. The van der Waals surface area contributed by atoms with Crippen LogP contribution in [0.25, 0.3) is 10.8 Å². The van der Waals surface area contributed by atoms with Gasteiger partial charge in [-0.3, -0.25) is 9.69 Å². The maximum Gasteiger partial charge on any atom is 0.228 e. The summed E-state index contributed by atoms with van der Waals surface area (Å²) in [5.41, 5.74) is 0.858. The molecule has 2 N–H and O–H groups in total. The Hall–Kier alpha value is -1.73. The maximum atomic E-state index is 12.5. The lowest BCUT2D eigenvalue weighted by atomic mass is 9.85. The van der Waals surface area contributed by atoms with Crippen LogP contribution in [0.3, 0.4) is 0 Å². The average Bonchev–Trinajstić information content (AvgIpc) is 3.58. The number of ether oxygens (including phenoxy) is 1. The zero-order valence-corrected chi connectivity index (χ0v) is 19.6. The third kappa shape index (κ3) is 4.14. The van der Waals surface area contributed by atoms with Gasteiger partial charge in [-0.1, -0.05) is 18.5 Å². The lowest BCUT2D eigenvalue weighted by Gasteiger charge is -2.43. The summed E-state index contributed by atoms with van der Waals surface area (Å²) >= 11 is 6.69. The molecule has 0 radical (unpaired) electrons. The second kappa shape index (κ2) is 8.56. The van der Waals surface area contributed by atoms with E-state index in [0.29, 0.717) is 30.9 Å². The number of aliphatic hydroxyl groups is 1. The number of halogens is 1. The molecule has 172 valence electrons. The zero-order chi connectivity index (χ0) is 22.5. The van der Waals surface area contributed by atoms with Crippen LogP contribution in [0.4, 0.5) is 5.82 Å². The molecule has 1 aromatic heterocycles. The van der Waals surface area contributed by atoms with E-state index in [9.17, 15) is 9.90 Å². The van der Waals surface area contributed by atoms with Crippen molar-refractivity contribution < 1.29 is 14.6 Å². The van der Waals surface area contributed by atoms with Gasteiger partial charge in [-0.2, -0.15) is 0 Å². The highest BCUT2D eigenvalue weighted by Crippen LogP contribution is 2.39. The molecule has 1 amide bonds. The van der Waals surface area contributed by atoms with Crippen molar-refractivity contribution in [1.29, 1.82) is 0 Å². The van der Waals surface area contributed by atoms with Crippen molar-refractivity contribution in [1.82, 2.24) is 9.88 Å². The lowest BCUT2D eigenvalue weighted by molar-refractivity contribution is -0.119. The highest BCUT2D eigenvalue weighted by atomic mass is 35.5. The van der Waals surface area contributed by atoms with Gasteiger partial charge in [-0.05, 0) is 86.7 Å². The van der Waals surface area contributed by atoms with Gasteiger partial charge in [-0.15, -0.1) is 0 Å². The van der Waals surface area contributed by atoms with Gasteiger partial charge in [0.2, 0.25) is 5.91 Å². The molecular weight excluding hydrogens is 426 g/mol. The number of hydrogen-bond donors (Lipinski definition) is 2. The topological polar surface area (TPSA) is 74.7 Å². The second-order valence-electron chi connectivity index (χ2n) is 10.1. The van der Waals surface area contributed by atoms with E-state index < -0.39 is 6.10 Å². The van der Waals surface area contributed by atoms with Crippen LogP contribution in [0.2, 0.25) is 5.02 Å². The molecule has 0 bridgehead atoms. The van der Waals surface area contributed by atoms with Crippen LogP contribution >= 0.6 is 11.6 Å². The molecular formula is C25H32ClN3O3. The van der Waals surface area contributed by atoms with Crippen molar-refractivity contribution in [2.75, 3.05) is 31.6 Å². The maximum absolute atomic E-state index is 12.5. The van der Waals surface area contributed by atoms with Crippen LogP contribution in [0, 0.1) is 11.8 Å². The van der Waals surface area contributed by atoms with Gasteiger partial charge in [0, 0.05) is 22.5 Å². The number of piperidine rings is 1. The van der Waals surface area contributed by atoms with Crippen molar-refractivity contribution in [2.24, 2.45) is 11.8 Å². The standard InChI is InChI=1S/C25H32ClN3O3/c1-15(16-3-4-16)24(31)28-23-11-18-9-20(21(26)10-19(18)12-27-23)17-5-7-29(8-6-17)25(2)14-32-13-22(25)30/h9-12,15-17,22,30H,3-8,13-14H2,1-2H3,(H,27,28,31)/t15-,22+,25-/m0/s1. The fourth-order valence-electron chi connectivity index (χ4n) is 5.27. The number of hydrogen-bond acceptors (Lipinski definition) is 5. The molecule has 6 nitrogen and oxygen atoms in total. The molecule has 3 aliphatic rings. The number of nitrogens with one attached hydrogen (secondary N) is 1. The number of amides is 1. The third-order valence-electron chi connectivity index (χ3n) is 7.88. The number of carbonyl (C=O) groups is 1. The van der Waals surface area contributed by atoms with Crippen LogP contribution in [-0.2, 0) is 9.53 Å². The summed E-state index contributed by atoms with van der Waals surface area (Å²) in [5, 5.41) is 16.2. The highest BCUT2D eigenvalue weighted by molar-refractivity contribution is 6.32. The first-order valence-electron chi connectivity index (χ1n) is 11.8. The number of rotatable bonds is 5. The smallest absolute Gasteiger partial charge is 0.228 e. The molecule has 2 aliphatic heterocycles. The number of fused-ring (bicyclic) bond motifs is 1. The minimum atomic E-state index is -0.438. The van der Waals surface area contributed by atoms with Gasteiger partial charge in [-0.25, -0.2) is 4.98 Å². The molecule has 3 atom stereocenters. The van der Waals surface area contributed by atoms with Crippen LogP contribution in [-0.4, -0.2) is 58.8 Å². The van der Waals surface area contributed by atoms with Crippen molar-refractivity contribution in [3.05, 3.63) is 35.0 Å². The fraction of sp³-hybridized carbons (Fsp3) is 0.600. The number of likely N-dealkylation sites (tertiary alicyclic amines) is 1. The number of aromatic nitrogens is 1. The van der Waals surface area contributed by atoms with Crippen molar-refractivity contribution in [3.8, 4) is 0 Å². The molecule has 1 aromatic carbocycles. The van der Waals surface area contributed by atoms with Crippen LogP contribution in [0.15, 0.2) is 24.4 Å². The number of anilines is 1. The van der Waals surface area contributed by atoms with Gasteiger partial charge in [0.15, 0.2) is 0 Å². The summed E-state index contributed by atoms with van der Waals surface area (Å²) < 4.78 is 5.53. The Labute approximate surface area is 194 Å². The van der Waals surface area contributed by atoms with E-state index in [1.165, 1.54) is 0 Å². The first-order valence-corrected chi connectivity index (χ1v) is 12.1. The average molecular weight is 458 g/mol. The normalized spacial score (nSPS) is 28.2. The van der Waals surface area contributed by atoms with Crippen molar-refractivity contribution in [2.45, 2.75) is 57.1 Å². The molecule has 3 heterocycles. The number of benzene rings is 1. The number of carbonyl (C=O) groups excluding carboxylic acids is 1. The van der Waals surface area contributed by atoms with Crippen molar-refractivity contribution in [3.63, 3.8) is 0 Å². The molecule has 0 unspecified atom stereocenters. The first-order chi connectivity index (χ1) is 15.3. The van der Waals surface area contributed by atoms with E-state index in [1.54, 1.807) is 6.20 Å². The SMILES string of the molecule is C[C@H](C(=O)Nc1cc2cc(C3CCN([C@@]4(C)COC[C@H]4O)CC3)c(Cl)cc2cn1)C1CC1. The van der Waals surface area contributed by atoms with E-state index in [2.05, 4.69) is 28.2 Å². The van der Waals surface area contributed by atoms with Crippen LogP contribution < -0.4 is 5.32 Å². The van der Waals surface area contributed by atoms with E-state index in [4.69, 9.17) is 16.3 Å². The summed E-state index contributed by atoms with van der Waals surface area (Å²) in [6.07, 6.45) is 5.61. The largest absolute Gasteiger partial charge is 0.389 e. The first kappa shape index (κ1) is 22.1. The second-order valence-corrected chi connectivity index (χ2v) is 10.5. The minimum Gasteiger partial charge on any atom is -0.389 e. The predicted molar refractivity (Wildman–Crippen MR) is 126 cm³/mol. The quantitative estimate of drug-likeness (QED) is 0.703. The fourth-order valence-corrected chi connectivity index (χ4v) is 5.60. The molecule has 2 saturated heterocycles. The van der Waals surface area contributed by atoms with E-state index in [0.717, 1.165) is 60.1 Å². The van der Waals surface area contributed by atoms with Gasteiger partial charge in [0.1, 0.15) is 5.82 Å². The summed E-state index contributed by atoms with van der Waals surface area (Å²) in [6.45, 7) is 6.91. The van der Waals surface area contributed by atoms with Gasteiger partial charge < -0.3 is 15.2 Å². The molecule has 2 aromatic rings. The summed E-state index contributed by atoms with van der Waals surface area (Å²) in [5.74, 6) is 1.57. The Morgan fingerprint density at radius 1 is 1.25 bits per heavy atom. The molecule has 32 heavy (non-hydrogen) atoms. The van der Waals surface area contributed by atoms with Crippen molar-refractivity contribution >= 4 is 34.1 Å². The summed E-state index contributed by atoms with van der Waals surface area (Å²) in [6, 6.07) is 6.10. The Morgan fingerprint density at radius 3 is 2.66 bits per heavy atom. The highest BCUT2D eigenvalue weighted by Gasteiger charge is 2.45. The van der Waals surface area contributed by atoms with E-state index >= 15 is 0 Å². The predicted octanol–water partition coefficient (Wildman–Crippen LogP) is 4.20. The van der Waals surface area contributed by atoms with Crippen LogP contribution in [0.1, 0.15) is 51.0 Å². The van der Waals surface area contributed by atoms with Gasteiger partial charge in [0.05, 0.1) is 24.9 Å². The monoisotopic (exact) mass is 457 g/mol. The molecule has 3 fully saturated rings. The number of nitrogens with zero attached hydrogens (tertiary/aromatic N) is 2. The molecule has 7 heteroatoms. The molecule has 1 aliphatic carbocycles. The van der Waals surface area contributed by atoms with Crippen LogP contribution in [0.5, 0.6) is 0 Å². The van der Waals surface area contributed by atoms with E-state index in [-0.39, 0.29) is 17.4 Å². The molecule has 0 spiro atoms. The minimum absolute atomic E-state index is 0.0316. The molecule has 5 rings (SSSR count).